The van der Waals surface area contributed by atoms with Gasteiger partial charge < -0.3 is 19.8 Å². The van der Waals surface area contributed by atoms with Gasteiger partial charge in [-0.2, -0.15) is 0 Å². The van der Waals surface area contributed by atoms with Gasteiger partial charge in [0.1, 0.15) is 34.9 Å². The van der Waals surface area contributed by atoms with Crippen LogP contribution in [0.1, 0.15) is 42.9 Å². The molecule has 4 rings (SSSR count). The molecule has 0 radical (unpaired) electrons. The Bertz CT molecular complexity index is 1090. The van der Waals surface area contributed by atoms with Gasteiger partial charge in [0.2, 0.25) is 0 Å². The number of ether oxygens (including phenoxy) is 2. The number of halogens is 1. The predicted molar refractivity (Wildman–Crippen MR) is 119 cm³/mol. The maximum Gasteiger partial charge on any atom is 0.355 e. The zero-order valence-corrected chi connectivity index (χ0v) is 18.5. The van der Waals surface area contributed by atoms with Crippen LogP contribution in [0, 0.1) is 5.82 Å². The van der Waals surface area contributed by atoms with E-state index in [-0.39, 0.29) is 11.9 Å². The smallest absolute Gasteiger partial charge is 0.355 e. The molecule has 0 amide bonds. The number of aromatic nitrogens is 3. The molecule has 2 aromatic heterocycles. The van der Waals surface area contributed by atoms with Crippen LogP contribution in [-0.4, -0.2) is 64.3 Å². The van der Waals surface area contributed by atoms with E-state index in [1.807, 2.05) is 26.8 Å². The number of nitrogens with one attached hydrogen (secondary N) is 2. The molecule has 32 heavy (non-hydrogen) atoms. The second-order valence-corrected chi connectivity index (χ2v) is 8.77. The molecule has 3 aromatic rings. The fraction of sp³-hybridized carbons (Fsp3) is 0.435. The molecule has 1 aliphatic rings. The molecule has 1 fully saturated rings. The van der Waals surface area contributed by atoms with Crippen molar-refractivity contribution in [2.45, 2.75) is 32.4 Å². The van der Waals surface area contributed by atoms with Crippen molar-refractivity contribution < 1.29 is 18.7 Å². The molecule has 3 heterocycles. The van der Waals surface area contributed by atoms with Crippen LogP contribution < -0.4 is 5.32 Å². The van der Waals surface area contributed by atoms with Crippen LogP contribution in [0.4, 0.5) is 10.2 Å². The largest absolute Gasteiger partial charge is 0.455 e. The minimum absolute atomic E-state index is 0.0658. The van der Waals surface area contributed by atoms with E-state index in [0.717, 1.165) is 18.7 Å². The summed E-state index contributed by atoms with van der Waals surface area (Å²) in [6.07, 6.45) is 1.44. The van der Waals surface area contributed by atoms with Gasteiger partial charge in [-0.05, 0) is 44.5 Å². The number of aromatic amines is 1. The number of esters is 1. The average molecular weight is 442 g/mol. The molecule has 170 valence electrons. The van der Waals surface area contributed by atoms with Crippen LogP contribution in [0.15, 0.2) is 36.7 Å². The Kier molecular flexibility index (Phi) is 6.38. The summed E-state index contributed by atoms with van der Waals surface area (Å²) in [6.45, 7) is 8.75. The normalized spacial score (nSPS) is 16.1. The van der Waals surface area contributed by atoms with Gasteiger partial charge in [0.05, 0.1) is 24.6 Å². The number of benzene rings is 1. The van der Waals surface area contributed by atoms with E-state index < -0.39 is 11.6 Å². The molecular formula is C23H28FN5O3. The lowest BCUT2D eigenvalue weighted by Crippen LogP contribution is -2.41. The molecule has 9 heteroatoms. The molecule has 1 saturated heterocycles. The summed E-state index contributed by atoms with van der Waals surface area (Å²) < 4.78 is 24.9. The van der Waals surface area contributed by atoms with E-state index in [1.54, 1.807) is 18.2 Å². The third kappa shape index (κ3) is 5.23. The van der Waals surface area contributed by atoms with Crippen LogP contribution in [-0.2, 0) is 9.47 Å². The van der Waals surface area contributed by atoms with E-state index in [1.165, 1.54) is 12.4 Å². The number of carbonyl (C=O) groups is 1. The van der Waals surface area contributed by atoms with E-state index in [2.05, 4.69) is 25.2 Å². The summed E-state index contributed by atoms with van der Waals surface area (Å²) in [7, 11) is 0. The van der Waals surface area contributed by atoms with Crippen molar-refractivity contribution in [2.24, 2.45) is 0 Å². The highest BCUT2D eigenvalue weighted by Crippen LogP contribution is 2.26. The Balaban J connectivity index is 1.57. The Morgan fingerprint density at radius 1 is 1.28 bits per heavy atom. The number of hydrogen-bond acceptors (Lipinski definition) is 7. The SMILES string of the molecule is CC(C)(C)OC(=O)c1cc2c(NCC(c3cccc(F)c3)N3CCOCC3)ncnc2[nH]1. The first-order valence-electron chi connectivity index (χ1n) is 10.7. The van der Waals surface area contributed by atoms with Crippen molar-refractivity contribution in [3.63, 3.8) is 0 Å². The number of hydrogen-bond donors (Lipinski definition) is 2. The highest BCUT2D eigenvalue weighted by molar-refractivity contribution is 5.97. The zero-order valence-electron chi connectivity index (χ0n) is 18.5. The summed E-state index contributed by atoms with van der Waals surface area (Å²) in [5.41, 5.74) is 1.14. The molecule has 0 spiro atoms. The Labute approximate surface area is 186 Å². The van der Waals surface area contributed by atoms with Gasteiger partial charge in [-0.1, -0.05) is 12.1 Å². The van der Waals surface area contributed by atoms with E-state index in [9.17, 15) is 9.18 Å². The lowest BCUT2D eigenvalue weighted by atomic mass is 10.0. The van der Waals surface area contributed by atoms with Crippen LogP contribution in [0.2, 0.25) is 0 Å². The van der Waals surface area contributed by atoms with Gasteiger partial charge in [0, 0.05) is 19.6 Å². The average Bonchev–Trinajstić information content (AvgIpc) is 3.19. The summed E-state index contributed by atoms with van der Waals surface area (Å²) in [6, 6.07) is 8.28. The Morgan fingerprint density at radius 3 is 2.78 bits per heavy atom. The first kappa shape index (κ1) is 22.2. The molecule has 1 unspecified atom stereocenters. The van der Waals surface area contributed by atoms with Crippen LogP contribution in [0.5, 0.6) is 0 Å². The summed E-state index contributed by atoms with van der Waals surface area (Å²) >= 11 is 0. The molecule has 0 aliphatic carbocycles. The topological polar surface area (TPSA) is 92.4 Å². The van der Waals surface area contributed by atoms with Crippen LogP contribution >= 0.6 is 0 Å². The highest BCUT2D eigenvalue weighted by Gasteiger charge is 2.24. The van der Waals surface area contributed by atoms with Gasteiger partial charge in [-0.15, -0.1) is 0 Å². The summed E-state index contributed by atoms with van der Waals surface area (Å²) in [5, 5.41) is 4.06. The Morgan fingerprint density at radius 2 is 2.06 bits per heavy atom. The van der Waals surface area contributed by atoms with Crippen molar-refractivity contribution in [3.05, 3.63) is 53.7 Å². The van der Waals surface area contributed by atoms with Crippen LogP contribution in [0.3, 0.4) is 0 Å². The maximum absolute atomic E-state index is 13.9. The molecule has 0 bridgehead atoms. The number of nitrogens with zero attached hydrogens (tertiary/aromatic N) is 3. The van der Waals surface area contributed by atoms with E-state index >= 15 is 0 Å². The third-order valence-corrected chi connectivity index (χ3v) is 5.23. The van der Waals surface area contributed by atoms with Crippen molar-refractivity contribution in [2.75, 3.05) is 38.2 Å². The summed E-state index contributed by atoms with van der Waals surface area (Å²) in [5.74, 6) is -0.124. The molecule has 1 aliphatic heterocycles. The van der Waals surface area contributed by atoms with Crippen molar-refractivity contribution in [1.29, 1.82) is 0 Å². The lowest BCUT2D eigenvalue weighted by molar-refractivity contribution is 0.00638. The minimum atomic E-state index is -0.600. The highest BCUT2D eigenvalue weighted by atomic mass is 19.1. The molecule has 1 atom stereocenters. The van der Waals surface area contributed by atoms with Gasteiger partial charge in [-0.25, -0.2) is 19.2 Å². The van der Waals surface area contributed by atoms with Crippen molar-refractivity contribution in [3.8, 4) is 0 Å². The van der Waals surface area contributed by atoms with Gasteiger partial charge in [0.25, 0.3) is 0 Å². The number of morpholine rings is 1. The van der Waals surface area contributed by atoms with Gasteiger partial charge >= 0.3 is 5.97 Å². The molecule has 0 saturated carbocycles. The maximum atomic E-state index is 13.9. The number of rotatable bonds is 6. The first-order valence-corrected chi connectivity index (χ1v) is 10.7. The van der Waals surface area contributed by atoms with Gasteiger partial charge in [-0.3, -0.25) is 4.90 Å². The second kappa shape index (κ2) is 9.22. The lowest BCUT2D eigenvalue weighted by Gasteiger charge is -2.35. The number of carbonyl (C=O) groups excluding carboxylic acids is 1. The fourth-order valence-corrected chi connectivity index (χ4v) is 3.78. The third-order valence-electron chi connectivity index (χ3n) is 5.23. The van der Waals surface area contributed by atoms with Crippen molar-refractivity contribution in [1.82, 2.24) is 19.9 Å². The first-order chi connectivity index (χ1) is 15.3. The van der Waals surface area contributed by atoms with E-state index in [0.29, 0.717) is 42.3 Å². The molecule has 8 nitrogen and oxygen atoms in total. The number of fused-ring (bicyclic) bond motifs is 1. The molecular weight excluding hydrogens is 413 g/mol. The fourth-order valence-electron chi connectivity index (χ4n) is 3.78. The number of anilines is 1. The van der Waals surface area contributed by atoms with Crippen molar-refractivity contribution >= 4 is 22.8 Å². The Hall–Kier alpha value is -3.04. The zero-order chi connectivity index (χ0) is 22.7. The van der Waals surface area contributed by atoms with Crippen LogP contribution in [0.25, 0.3) is 11.0 Å². The molecule has 1 aromatic carbocycles. The monoisotopic (exact) mass is 441 g/mol. The second-order valence-electron chi connectivity index (χ2n) is 8.77. The standard InChI is InChI=1S/C23H28FN5O3/c1-23(2,3)32-22(30)18-12-17-20(26-14-27-21(17)28-18)25-13-19(29-7-9-31-10-8-29)15-5-4-6-16(24)11-15/h4-6,11-12,14,19H,7-10,13H2,1-3H3,(H2,25,26,27,28). The minimum Gasteiger partial charge on any atom is -0.455 e. The van der Waals surface area contributed by atoms with E-state index in [4.69, 9.17) is 9.47 Å². The summed E-state index contributed by atoms with van der Waals surface area (Å²) in [4.78, 5) is 26.3. The van der Waals surface area contributed by atoms with Gasteiger partial charge in [0.15, 0.2) is 0 Å². The molecule has 2 N–H and O–H groups in total. The quantitative estimate of drug-likeness (QED) is 0.565. The predicted octanol–water partition coefficient (Wildman–Crippen LogP) is 3.54. The number of H-pyrrole nitrogens is 1.